The molecule has 4 rings (SSSR count). The predicted molar refractivity (Wildman–Crippen MR) is 102 cm³/mol. The van der Waals surface area contributed by atoms with Crippen LogP contribution in [0.5, 0.6) is 0 Å². The van der Waals surface area contributed by atoms with E-state index in [2.05, 4.69) is 15.7 Å². The molecule has 1 fully saturated rings. The van der Waals surface area contributed by atoms with Gasteiger partial charge in [-0.2, -0.15) is 5.10 Å². The smallest absolute Gasteiger partial charge is 0.262 e. The van der Waals surface area contributed by atoms with Gasteiger partial charge in [-0.3, -0.25) is 34.1 Å². The average Bonchev–Trinajstić information content (AvgIpc) is 3.18. The fourth-order valence-corrected chi connectivity index (χ4v) is 3.75. The zero-order chi connectivity index (χ0) is 20.7. The van der Waals surface area contributed by atoms with E-state index in [0.29, 0.717) is 17.9 Å². The molecule has 1 unspecified atom stereocenters. The number of anilines is 1. The van der Waals surface area contributed by atoms with E-state index in [0.717, 1.165) is 10.5 Å². The summed E-state index contributed by atoms with van der Waals surface area (Å²) in [5, 5.41) is 9.66. The molecule has 10 nitrogen and oxygen atoms in total. The fourth-order valence-electron chi connectivity index (χ4n) is 3.75. The maximum absolute atomic E-state index is 13.1. The molecular formula is C19H20N6O4. The molecule has 1 saturated heterocycles. The summed E-state index contributed by atoms with van der Waals surface area (Å²) in [5.41, 5.74) is 7.68. The second kappa shape index (κ2) is 7.13. The number of hydrogen-bond acceptors (Lipinski definition) is 7. The second-order valence-electron chi connectivity index (χ2n) is 7.02. The summed E-state index contributed by atoms with van der Waals surface area (Å²) >= 11 is 0. The number of amides is 4. The lowest BCUT2D eigenvalue weighted by atomic mass is 10.0. The topological polar surface area (TPSA) is 139 Å². The molecule has 10 heteroatoms. The van der Waals surface area contributed by atoms with Gasteiger partial charge < -0.3 is 11.1 Å². The summed E-state index contributed by atoms with van der Waals surface area (Å²) < 4.78 is 1.64. The standard InChI is InChI=1S/C19H20N6O4/c1-24-9-11(7-20)16(23-24)21-8-10-3-2-4-12-15(10)19(29)25(18(12)28)13-5-6-14(26)22-17(13)27/h2-4,9,13H,5-8,20H2,1H3,(H,21,23)(H,22,26,27). The van der Waals surface area contributed by atoms with Gasteiger partial charge in [-0.05, 0) is 18.1 Å². The lowest BCUT2D eigenvalue weighted by molar-refractivity contribution is -0.136. The normalized spacial score (nSPS) is 18.8. The quantitative estimate of drug-likeness (QED) is 0.599. The summed E-state index contributed by atoms with van der Waals surface area (Å²) in [6, 6.07) is 4.02. The van der Waals surface area contributed by atoms with Crippen LogP contribution in [-0.4, -0.2) is 44.4 Å². The number of rotatable bonds is 5. The van der Waals surface area contributed by atoms with Crippen molar-refractivity contribution in [3.8, 4) is 0 Å². The van der Waals surface area contributed by atoms with E-state index >= 15 is 0 Å². The molecule has 1 atom stereocenters. The first-order chi connectivity index (χ1) is 13.9. The zero-order valence-corrected chi connectivity index (χ0v) is 15.8. The highest BCUT2D eigenvalue weighted by Crippen LogP contribution is 2.30. The van der Waals surface area contributed by atoms with E-state index in [4.69, 9.17) is 5.73 Å². The number of carbonyl (C=O) groups excluding carboxylic acids is 4. The second-order valence-corrected chi connectivity index (χ2v) is 7.02. The van der Waals surface area contributed by atoms with Gasteiger partial charge in [0.2, 0.25) is 11.8 Å². The zero-order valence-electron chi connectivity index (χ0n) is 15.8. The van der Waals surface area contributed by atoms with Crippen LogP contribution < -0.4 is 16.4 Å². The van der Waals surface area contributed by atoms with Gasteiger partial charge in [0.05, 0.1) is 11.1 Å². The Morgan fingerprint density at radius 1 is 1.21 bits per heavy atom. The van der Waals surface area contributed by atoms with Crippen molar-refractivity contribution in [2.24, 2.45) is 12.8 Å². The van der Waals surface area contributed by atoms with Crippen LogP contribution in [0.15, 0.2) is 24.4 Å². The van der Waals surface area contributed by atoms with Crippen LogP contribution in [0.4, 0.5) is 5.82 Å². The molecule has 0 spiro atoms. The van der Waals surface area contributed by atoms with Crippen LogP contribution >= 0.6 is 0 Å². The minimum absolute atomic E-state index is 0.0831. The summed E-state index contributed by atoms with van der Waals surface area (Å²) in [7, 11) is 1.78. The predicted octanol–water partition coefficient (Wildman–Crippen LogP) is -0.108. The van der Waals surface area contributed by atoms with Crippen molar-refractivity contribution in [2.45, 2.75) is 32.0 Å². The van der Waals surface area contributed by atoms with Crippen LogP contribution in [-0.2, 0) is 29.7 Å². The van der Waals surface area contributed by atoms with Crippen LogP contribution in [0, 0.1) is 0 Å². The van der Waals surface area contributed by atoms with Gasteiger partial charge >= 0.3 is 0 Å². The van der Waals surface area contributed by atoms with Gasteiger partial charge in [0.15, 0.2) is 5.82 Å². The average molecular weight is 396 g/mol. The van der Waals surface area contributed by atoms with Crippen molar-refractivity contribution >= 4 is 29.4 Å². The van der Waals surface area contributed by atoms with E-state index in [1.807, 2.05) is 0 Å². The largest absolute Gasteiger partial charge is 0.364 e. The Labute approximate surface area is 166 Å². The Bertz CT molecular complexity index is 1040. The molecule has 2 aromatic rings. The highest BCUT2D eigenvalue weighted by Gasteiger charge is 2.45. The Balaban J connectivity index is 1.61. The first-order valence-corrected chi connectivity index (χ1v) is 9.20. The molecule has 0 radical (unpaired) electrons. The van der Waals surface area contributed by atoms with Gasteiger partial charge in [0.1, 0.15) is 6.04 Å². The number of nitrogens with zero attached hydrogens (tertiary/aromatic N) is 3. The summed E-state index contributed by atoms with van der Waals surface area (Å²) in [6.07, 6.45) is 2.01. The molecule has 4 N–H and O–H groups in total. The molecule has 4 amide bonds. The molecule has 1 aromatic carbocycles. The first-order valence-electron chi connectivity index (χ1n) is 9.20. The summed E-state index contributed by atoms with van der Waals surface area (Å²) in [4.78, 5) is 50.5. The number of aryl methyl sites for hydroxylation is 1. The number of piperidine rings is 1. The number of imide groups is 2. The van der Waals surface area contributed by atoms with Crippen molar-refractivity contribution in [2.75, 3.05) is 5.32 Å². The molecule has 2 aliphatic heterocycles. The molecule has 0 saturated carbocycles. The highest BCUT2D eigenvalue weighted by atomic mass is 16.2. The first kappa shape index (κ1) is 18.8. The summed E-state index contributed by atoms with van der Waals surface area (Å²) in [5.74, 6) is -1.49. The third kappa shape index (κ3) is 3.17. The van der Waals surface area contributed by atoms with E-state index < -0.39 is 29.7 Å². The Morgan fingerprint density at radius 3 is 2.72 bits per heavy atom. The number of carbonyl (C=O) groups is 4. The lowest BCUT2D eigenvalue weighted by Gasteiger charge is -2.27. The van der Waals surface area contributed by atoms with Crippen molar-refractivity contribution < 1.29 is 19.2 Å². The van der Waals surface area contributed by atoms with Gasteiger partial charge in [-0.25, -0.2) is 0 Å². The Kier molecular flexibility index (Phi) is 4.63. The minimum Gasteiger partial charge on any atom is -0.364 e. The van der Waals surface area contributed by atoms with Crippen LogP contribution in [0.2, 0.25) is 0 Å². The maximum atomic E-state index is 13.1. The van der Waals surface area contributed by atoms with Gasteiger partial charge in [0, 0.05) is 38.3 Å². The van der Waals surface area contributed by atoms with Crippen molar-refractivity contribution in [3.63, 3.8) is 0 Å². The maximum Gasteiger partial charge on any atom is 0.262 e. The lowest BCUT2D eigenvalue weighted by Crippen LogP contribution is -2.54. The highest BCUT2D eigenvalue weighted by molar-refractivity contribution is 6.24. The summed E-state index contributed by atoms with van der Waals surface area (Å²) in [6.45, 7) is 0.569. The molecule has 3 heterocycles. The van der Waals surface area contributed by atoms with Crippen LogP contribution in [0.3, 0.4) is 0 Å². The molecule has 29 heavy (non-hydrogen) atoms. The number of hydrogen-bond donors (Lipinski definition) is 3. The third-order valence-electron chi connectivity index (χ3n) is 5.13. The Hall–Kier alpha value is -3.53. The number of nitrogens with two attached hydrogens (primary N) is 1. The Morgan fingerprint density at radius 2 is 2.00 bits per heavy atom. The van der Waals surface area contributed by atoms with Gasteiger partial charge in [0.25, 0.3) is 11.8 Å². The van der Waals surface area contributed by atoms with Crippen LogP contribution in [0.1, 0.15) is 44.7 Å². The van der Waals surface area contributed by atoms with Gasteiger partial charge in [-0.1, -0.05) is 12.1 Å². The van der Waals surface area contributed by atoms with E-state index in [9.17, 15) is 19.2 Å². The number of aromatic nitrogens is 2. The third-order valence-corrected chi connectivity index (χ3v) is 5.13. The van der Waals surface area contributed by atoms with Crippen molar-refractivity contribution in [1.82, 2.24) is 20.0 Å². The van der Waals surface area contributed by atoms with E-state index in [1.54, 1.807) is 36.1 Å². The van der Waals surface area contributed by atoms with Crippen LogP contribution in [0.25, 0.3) is 0 Å². The molecule has 1 aromatic heterocycles. The van der Waals surface area contributed by atoms with Crippen molar-refractivity contribution in [1.29, 1.82) is 0 Å². The van der Waals surface area contributed by atoms with E-state index in [1.165, 1.54) is 0 Å². The SMILES string of the molecule is Cn1cc(CN)c(NCc2cccc3c2C(=O)N(C2CCC(=O)NC2=O)C3=O)n1. The molecule has 2 aliphatic rings. The molecule has 0 bridgehead atoms. The fraction of sp³-hybridized carbons (Fsp3) is 0.316. The molecular weight excluding hydrogens is 376 g/mol. The monoisotopic (exact) mass is 396 g/mol. The van der Waals surface area contributed by atoms with Crippen molar-refractivity contribution in [3.05, 3.63) is 46.6 Å². The number of fused-ring (bicyclic) bond motifs is 1. The molecule has 150 valence electrons. The number of benzene rings is 1. The minimum atomic E-state index is -0.986. The van der Waals surface area contributed by atoms with Gasteiger partial charge in [-0.15, -0.1) is 0 Å². The van der Waals surface area contributed by atoms with E-state index in [-0.39, 0.29) is 30.5 Å². The number of nitrogens with one attached hydrogen (secondary N) is 2. The molecule has 0 aliphatic carbocycles.